The second-order valence-corrected chi connectivity index (χ2v) is 4.29. The molecule has 108 valence electrons. The first-order chi connectivity index (χ1) is 9.63. The number of hydrogen-bond donors (Lipinski definition) is 3. The van der Waals surface area contributed by atoms with Crippen molar-refractivity contribution in [2.24, 2.45) is 5.73 Å². The standard InChI is InChI=1S/C15H20N2O3/c1-12-4-5-13(3-2-6-16)14(11-12)15(20)17(7-9-18)8-10-19/h4-5,11,18-19H,6-10,16H2,1H3. The number of carbonyl (C=O) groups is 1. The van der Waals surface area contributed by atoms with Crippen LogP contribution in [-0.2, 0) is 0 Å². The van der Waals surface area contributed by atoms with E-state index in [0.29, 0.717) is 11.1 Å². The highest BCUT2D eigenvalue weighted by Gasteiger charge is 2.17. The second kappa shape index (κ2) is 8.33. The molecule has 20 heavy (non-hydrogen) atoms. The number of aliphatic hydroxyl groups is 2. The van der Waals surface area contributed by atoms with Crippen LogP contribution in [0, 0.1) is 18.8 Å². The van der Waals surface area contributed by atoms with Crippen LogP contribution in [0.15, 0.2) is 18.2 Å². The van der Waals surface area contributed by atoms with E-state index in [9.17, 15) is 4.79 Å². The monoisotopic (exact) mass is 276 g/mol. The van der Waals surface area contributed by atoms with Crippen molar-refractivity contribution in [2.45, 2.75) is 6.92 Å². The number of hydrogen-bond acceptors (Lipinski definition) is 4. The van der Waals surface area contributed by atoms with Crippen LogP contribution in [0.1, 0.15) is 21.5 Å². The van der Waals surface area contributed by atoms with Gasteiger partial charge in [-0.15, -0.1) is 0 Å². The Morgan fingerprint density at radius 2 is 1.95 bits per heavy atom. The lowest BCUT2D eigenvalue weighted by Crippen LogP contribution is -2.36. The van der Waals surface area contributed by atoms with Gasteiger partial charge in [0.05, 0.1) is 25.3 Å². The summed E-state index contributed by atoms with van der Waals surface area (Å²) in [4.78, 5) is 13.9. The minimum atomic E-state index is -0.252. The fourth-order valence-corrected chi connectivity index (χ4v) is 1.82. The first-order valence-electron chi connectivity index (χ1n) is 6.44. The molecule has 0 saturated carbocycles. The van der Waals surface area contributed by atoms with Gasteiger partial charge in [0.15, 0.2) is 0 Å². The van der Waals surface area contributed by atoms with Gasteiger partial charge in [-0.3, -0.25) is 4.79 Å². The Balaban J connectivity index is 3.14. The number of aliphatic hydroxyl groups excluding tert-OH is 2. The summed E-state index contributed by atoms with van der Waals surface area (Å²) in [7, 11) is 0. The molecule has 0 unspecified atom stereocenters. The number of carbonyl (C=O) groups excluding carboxylic acids is 1. The van der Waals surface area contributed by atoms with Crippen molar-refractivity contribution in [2.75, 3.05) is 32.8 Å². The predicted molar refractivity (Wildman–Crippen MR) is 77.2 cm³/mol. The number of amides is 1. The molecule has 1 rings (SSSR count). The molecular weight excluding hydrogens is 256 g/mol. The largest absolute Gasteiger partial charge is 0.395 e. The zero-order valence-corrected chi connectivity index (χ0v) is 11.6. The fraction of sp³-hybridized carbons (Fsp3) is 0.400. The summed E-state index contributed by atoms with van der Waals surface area (Å²) >= 11 is 0. The molecule has 0 atom stereocenters. The van der Waals surface area contributed by atoms with Gasteiger partial charge in [0.2, 0.25) is 0 Å². The highest BCUT2D eigenvalue weighted by Crippen LogP contribution is 2.13. The molecule has 1 amide bonds. The molecule has 0 heterocycles. The minimum absolute atomic E-state index is 0.151. The molecule has 0 spiro atoms. The van der Waals surface area contributed by atoms with E-state index in [-0.39, 0.29) is 38.8 Å². The van der Waals surface area contributed by atoms with Gasteiger partial charge in [-0.2, -0.15) is 0 Å². The zero-order chi connectivity index (χ0) is 15.0. The van der Waals surface area contributed by atoms with E-state index >= 15 is 0 Å². The van der Waals surface area contributed by atoms with E-state index in [1.807, 2.05) is 13.0 Å². The van der Waals surface area contributed by atoms with Crippen LogP contribution in [-0.4, -0.2) is 53.9 Å². The topological polar surface area (TPSA) is 86.8 Å². The van der Waals surface area contributed by atoms with Crippen molar-refractivity contribution < 1.29 is 15.0 Å². The number of rotatable bonds is 5. The molecule has 5 nitrogen and oxygen atoms in total. The normalized spacial score (nSPS) is 9.80. The molecule has 0 aliphatic carbocycles. The van der Waals surface area contributed by atoms with E-state index in [1.165, 1.54) is 4.90 Å². The van der Waals surface area contributed by atoms with Gasteiger partial charge in [-0.05, 0) is 19.1 Å². The maximum absolute atomic E-state index is 12.5. The number of nitrogens with two attached hydrogens (primary N) is 1. The smallest absolute Gasteiger partial charge is 0.255 e. The molecule has 0 saturated heterocycles. The first-order valence-corrected chi connectivity index (χ1v) is 6.44. The van der Waals surface area contributed by atoms with Crippen LogP contribution in [0.25, 0.3) is 0 Å². The molecule has 0 bridgehead atoms. The Kier molecular flexibility index (Phi) is 6.74. The average molecular weight is 276 g/mol. The molecule has 0 aliphatic rings. The van der Waals surface area contributed by atoms with Crippen LogP contribution >= 0.6 is 0 Å². The van der Waals surface area contributed by atoms with Crippen molar-refractivity contribution in [1.82, 2.24) is 4.90 Å². The molecular formula is C15H20N2O3. The van der Waals surface area contributed by atoms with Gasteiger partial charge in [0.1, 0.15) is 0 Å². The van der Waals surface area contributed by atoms with E-state index in [4.69, 9.17) is 15.9 Å². The molecule has 0 aliphatic heterocycles. The summed E-state index contributed by atoms with van der Waals surface area (Å²) in [5.74, 6) is 5.35. The zero-order valence-electron chi connectivity index (χ0n) is 11.6. The second-order valence-electron chi connectivity index (χ2n) is 4.29. The summed E-state index contributed by atoms with van der Waals surface area (Å²) in [6, 6.07) is 5.41. The van der Waals surface area contributed by atoms with Crippen LogP contribution in [0.4, 0.5) is 0 Å². The van der Waals surface area contributed by atoms with Crippen molar-refractivity contribution >= 4 is 5.91 Å². The summed E-state index contributed by atoms with van der Waals surface area (Å²) in [5.41, 5.74) is 7.37. The lowest BCUT2D eigenvalue weighted by molar-refractivity contribution is 0.0684. The third kappa shape index (κ3) is 4.35. The Morgan fingerprint density at radius 1 is 1.30 bits per heavy atom. The third-order valence-electron chi connectivity index (χ3n) is 2.76. The van der Waals surface area contributed by atoms with Crippen molar-refractivity contribution in [3.63, 3.8) is 0 Å². The summed E-state index contributed by atoms with van der Waals surface area (Å²) in [6.07, 6.45) is 0. The van der Waals surface area contributed by atoms with Gasteiger partial charge in [-0.25, -0.2) is 0 Å². The van der Waals surface area contributed by atoms with E-state index < -0.39 is 0 Å². The van der Waals surface area contributed by atoms with Crippen LogP contribution in [0.3, 0.4) is 0 Å². The lowest BCUT2D eigenvalue weighted by atomic mass is 10.0. The minimum Gasteiger partial charge on any atom is -0.395 e. The van der Waals surface area contributed by atoms with Crippen LogP contribution in [0.2, 0.25) is 0 Å². The molecule has 5 heteroatoms. The Labute approximate surface area is 119 Å². The summed E-state index contributed by atoms with van der Waals surface area (Å²) in [6.45, 7) is 2.16. The summed E-state index contributed by atoms with van der Waals surface area (Å²) in [5, 5.41) is 18.0. The highest BCUT2D eigenvalue weighted by atomic mass is 16.3. The maximum Gasteiger partial charge on any atom is 0.255 e. The lowest BCUT2D eigenvalue weighted by Gasteiger charge is -2.21. The summed E-state index contributed by atoms with van der Waals surface area (Å²) < 4.78 is 0. The van der Waals surface area contributed by atoms with Gasteiger partial charge in [0.25, 0.3) is 5.91 Å². The molecule has 0 fully saturated rings. The van der Waals surface area contributed by atoms with Crippen LogP contribution < -0.4 is 5.73 Å². The maximum atomic E-state index is 12.5. The Bertz CT molecular complexity index is 512. The van der Waals surface area contributed by atoms with Crippen molar-refractivity contribution in [3.8, 4) is 11.8 Å². The Hall–Kier alpha value is -1.87. The number of aryl methyl sites for hydroxylation is 1. The van der Waals surface area contributed by atoms with Gasteiger partial charge < -0.3 is 20.8 Å². The third-order valence-corrected chi connectivity index (χ3v) is 2.76. The first kappa shape index (κ1) is 16.2. The SMILES string of the molecule is Cc1ccc(C#CCN)c(C(=O)N(CCO)CCO)c1. The van der Waals surface area contributed by atoms with Gasteiger partial charge >= 0.3 is 0 Å². The van der Waals surface area contributed by atoms with E-state index in [1.54, 1.807) is 12.1 Å². The number of benzene rings is 1. The molecule has 1 aromatic rings. The van der Waals surface area contributed by atoms with Crippen molar-refractivity contribution in [3.05, 3.63) is 34.9 Å². The molecule has 1 aromatic carbocycles. The van der Waals surface area contributed by atoms with Crippen molar-refractivity contribution in [1.29, 1.82) is 0 Å². The van der Waals surface area contributed by atoms with Gasteiger partial charge in [-0.1, -0.05) is 23.5 Å². The fourth-order valence-electron chi connectivity index (χ4n) is 1.82. The van der Waals surface area contributed by atoms with E-state index in [2.05, 4.69) is 11.8 Å². The average Bonchev–Trinajstić information content (AvgIpc) is 2.45. The number of nitrogens with zero attached hydrogens (tertiary/aromatic N) is 1. The molecule has 0 aromatic heterocycles. The highest BCUT2D eigenvalue weighted by molar-refractivity contribution is 5.97. The van der Waals surface area contributed by atoms with Crippen LogP contribution in [0.5, 0.6) is 0 Å². The molecule has 4 N–H and O–H groups in total. The molecule has 0 radical (unpaired) electrons. The van der Waals surface area contributed by atoms with E-state index in [0.717, 1.165) is 5.56 Å². The quantitative estimate of drug-likeness (QED) is 0.646. The van der Waals surface area contributed by atoms with Gasteiger partial charge in [0, 0.05) is 18.7 Å². The predicted octanol–water partition coefficient (Wildman–Crippen LogP) is -0.268. The Morgan fingerprint density at radius 3 is 2.50 bits per heavy atom.